The van der Waals surface area contributed by atoms with E-state index in [0.717, 1.165) is 44.2 Å². The maximum atomic E-state index is 5.68. The Morgan fingerprint density at radius 2 is 2.00 bits per heavy atom. The van der Waals surface area contributed by atoms with Gasteiger partial charge in [-0.25, -0.2) is 4.98 Å². The van der Waals surface area contributed by atoms with Crippen molar-refractivity contribution in [2.24, 2.45) is 0 Å². The second-order valence-corrected chi connectivity index (χ2v) is 5.53. The number of nitrogens with one attached hydrogen (secondary N) is 1. The summed E-state index contributed by atoms with van der Waals surface area (Å²) in [6.07, 6.45) is 3.40. The lowest BCUT2D eigenvalue weighted by molar-refractivity contribution is 0.303. The SMILES string of the molecule is CCCOc1cc(NCCN(CC)CC)nc(C2CC2)n1. The Kier molecular flexibility index (Phi) is 6.23. The van der Waals surface area contributed by atoms with Crippen LogP contribution in [-0.4, -0.2) is 47.7 Å². The molecule has 1 N–H and O–H groups in total. The zero-order valence-corrected chi connectivity index (χ0v) is 13.6. The second-order valence-electron chi connectivity index (χ2n) is 5.53. The molecule has 0 atom stereocenters. The van der Waals surface area contributed by atoms with Crippen LogP contribution in [0.3, 0.4) is 0 Å². The van der Waals surface area contributed by atoms with Crippen LogP contribution < -0.4 is 10.1 Å². The number of ether oxygens (including phenoxy) is 1. The lowest BCUT2D eigenvalue weighted by Gasteiger charge is -2.18. The molecule has 0 saturated heterocycles. The predicted octanol–water partition coefficient (Wildman–Crippen LogP) is 2.90. The van der Waals surface area contributed by atoms with Gasteiger partial charge in [0, 0.05) is 25.1 Å². The maximum Gasteiger partial charge on any atom is 0.218 e. The lowest BCUT2D eigenvalue weighted by atomic mass is 10.4. The van der Waals surface area contributed by atoms with Gasteiger partial charge in [-0.1, -0.05) is 20.8 Å². The van der Waals surface area contributed by atoms with Crippen molar-refractivity contribution in [1.29, 1.82) is 0 Å². The first-order valence-electron chi connectivity index (χ1n) is 8.24. The molecule has 1 saturated carbocycles. The van der Waals surface area contributed by atoms with Gasteiger partial charge >= 0.3 is 0 Å². The predicted molar refractivity (Wildman–Crippen MR) is 86.1 cm³/mol. The molecule has 5 nitrogen and oxygen atoms in total. The van der Waals surface area contributed by atoms with Gasteiger partial charge in [0.25, 0.3) is 0 Å². The molecule has 1 aliphatic rings. The average molecular weight is 292 g/mol. The van der Waals surface area contributed by atoms with Gasteiger partial charge in [0.2, 0.25) is 5.88 Å². The molecule has 0 unspecified atom stereocenters. The van der Waals surface area contributed by atoms with Crippen molar-refractivity contribution < 1.29 is 4.74 Å². The highest BCUT2D eigenvalue weighted by Gasteiger charge is 2.27. The summed E-state index contributed by atoms with van der Waals surface area (Å²) in [5.74, 6) is 3.08. The molecule has 2 rings (SSSR count). The molecule has 1 aliphatic carbocycles. The number of rotatable bonds is 10. The van der Waals surface area contributed by atoms with Gasteiger partial charge in [-0.3, -0.25) is 0 Å². The highest BCUT2D eigenvalue weighted by atomic mass is 16.5. The van der Waals surface area contributed by atoms with Crippen LogP contribution in [0.15, 0.2) is 6.07 Å². The van der Waals surface area contributed by atoms with Crippen LogP contribution in [0, 0.1) is 0 Å². The Bertz CT molecular complexity index is 430. The van der Waals surface area contributed by atoms with Crippen molar-refractivity contribution in [3.8, 4) is 5.88 Å². The minimum atomic E-state index is 0.540. The second kappa shape index (κ2) is 8.17. The summed E-state index contributed by atoms with van der Waals surface area (Å²) in [5.41, 5.74) is 0. The van der Waals surface area contributed by atoms with E-state index in [-0.39, 0.29) is 0 Å². The highest BCUT2D eigenvalue weighted by molar-refractivity contribution is 5.39. The van der Waals surface area contributed by atoms with Gasteiger partial charge in [0.05, 0.1) is 6.61 Å². The summed E-state index contributed by atoms with van der Waals surface area (Å²) in [7, 11) is 0. The largest absolute Gasteiger partial charge is 0.478 e. The minimum absolute atomic E-state index is 0.540. The number of hydrogen-bond donors (Lipinski definition) is 1. The quantitative estimate of drug-likeness (QED) is 0.718. The third-order valence-electron chi connectivity index (χ3n) is 3.75. The maximum absolute atomic E-state index is 5.68. The Balaban J connectivity index is 1.95. The first-order valence-corrected chi connectivity index (χ1v) is 8.24. The number of nitrogens with zero attached hydrogens (tertiary/aromatic N) is 3. The van der Waals surface area contributed by atoms with E-state index in [1.54, 1.807) is 0 Å². The van der Waals surface area contributed by atoms with E-state index in [0.29, 0.717) is 18.4 Å². The van der Waals surface area contributed by atoms with Gasteiger partial charge in [-0.15, -0.1) is 0 Å². The third kappa shape index (κ3) is 5.16. The Morgan fingerprint density at radius 3 is 2.62 bits per heavy atom. The van der Waals surface area contributed by atoms with E-state index < -0.39 is 0 Å². The van der Waals surface area contributed by atoms with Crippen molar-refractivity contribution in [1.82, 2.24) is 14.9 Å². The van der Waals surface area contributed by atoms with Gasteiger partial charge < -0.3 is 15.0 Å². The number of aromatic nitrogens is 2. The Labute approximate surface area is 128 Å². The summed E-state index contributed by atoms with van der Waals surface area (Å²) in [6, 6.07) is 1.92. The van der Waals surface area contributed by atoms with E-state index >= 15 is 0 Å². The molecular weight excluding hydrogens is 264 g/mol. The first kappa shape index (κ1) is 16.0. The molecule has 0 amide bonds. The highest BCUT2D eigenvalue weighted by Crippen LogP contribution is 2.39. The van der Waals surface area contributed by atoms with Crippen LogP contribution in [0.1, 0.15) is 51.8 Å². The molecule has 0 spiro atoms. The van der Waals surface area contributed by atoms with Gasteiger partial charge in [0.1, 0.15) is 11.6 Å². The van der Waals surface area contributed by atoms with Crippen molar-refractivity contribution in [2.45, 2.75) is 46.0 Å². The Hall–Kier alpha value is -1.36. The van der Waals surface area contributed by atoms with E-state index in [4.69, 9.17) is 4.74 Å². The molecule has 0 aliphatic heterocycles. The fourth-order valence-corrected chi connectivity index (χ4v) is 2.22. The number of anilines is 1. The van der Waals surface area contributed by atoms with Gasteiger partial charge in [0.15, 0.2) is 0 Å². The summed E-state index contributed by atoms with van der Waals surface area (Å²) in [5, 5.41) is 3.41. The van der Waals surface area contributed by atoms with Gasteiger partial charge in [-0.05, 0) is 32.4 Å². The summed E-state index contributed by atoms with van der Waals surface area (Å²) >= 11 is 0. The Morgan fingerprint density at radius 1 is 1.24 bits per heavy atom. The van der Waals surface area contributed by atoms with E-state index in [9.17, 15) is 0 Å². The summed E-state index contributed by atoms with van der Waals surface area (Å²) in [4.78, 5) is 11.5. The summed E-state index contributed by atoms with van der Waals surface area (Å²) in [6.45, 7) is 11.3. The van der Waals surface area contributed by atoms with Crippen molar-refractivity contribution >= 4 is 5.82 Å². The molecule has 1 aromatic heterocycles. The fraction of sp³-hybridized carbons (Fsp3) is 0.750. The standard InChI is InChI=1S/C16H28N4O/c1-4-11-21-15-12-14(17-9-10-20(5-2)6-3)18-16(19-15)13-7-8-13/h12-13H,4-11H2,1-3H3,(H,17,18,19). The van der Waals surface area contributed by atoms with E-state index in [1.165, 1.54) is 12.8 Å². The molecule has 1 heterocycles. The molecular formula is C16H28N4O. The molecule has 1 fully saturated rings. The molecule has 0 radical (unpaired) electrons. The minimum Gasteiger partial charge on any atom is -0.478 e. The van der Waals surface area contributed by atoms with Crippen molar-refractivity contribution in [2.75, 3.05) is 38.1 Å². The zero-order chi connectivity index (χ0) is 15.1. The normalized spacial score (nSPS) is 14.5. The van der Waals surface area contributed by atoms with Crippen LogP contribution in [0.5, 0.6) is 5.88 Å². The smallest absolute Gasteiger partial charge is 0.218 e. The van der Waals surface area contributed by atoms with Crippen LogP contribution in [0.2, 0.25) is 0 Å². The molecule has 0 aromatic carbocycles. The monoisotopic (exact) mass is 292 g/mol. The van der Waals surface area contributed by atoms with Crippen LogP contribution in [0.25, 0.3) is 0 Å². The number of hydrogen-bond acceptors (Lipinski definition) is 5. The molecule has 1 aromatic rings. The lowest BCUT2D eigenvalue weighted by Crippen LogP contribution is -2.28. The van der Waals surface area contributed by atoms with E-state index in [1.807, 2.05) is 6.07 Å². The first-order chi connectivity index (χ1) is 10.3. The third-order valence-corrected chi connectivity index (χ3v) is 3.75. The molecule has 0 bridgehead atoms. The average Bonchev–Trinajstić information content (AvgIpc) is 3.34. The fourth-order valence-electron chi connectivity index (χ4n) is 2.22. The molecule has 21 heavy (non-hydrogen) atoms. The number of likely N-dealkylation sites (N-methyl/N-ethyl adjacent to an activating group) is 1. The van der Waals surface area contributed by atoms with Crippen LogP contribution >= 0.6 is 0 Å². The van der Waals surface area contributed by atoms with Crippen LogP contribution in [0.4, 0.5) is 5.82 Å². The summed E-state index contributed by atoms with van der Waals surface area (Å²) < 4.78 is 5.68. The van der Waals surface area contributed by atoms with Gasteiger partial charge in [-0.2, -0.15) is 4.98 Å². The van der Waals surface area contributed by atoms with E-state index in [2.05, 4.69) is 41.0 Å². The van der Waals surface area contributed by atoms with Crippen molar-refractivity contribution in [3.63, 3.8) is 0 Å². The van der Waals surface area contributed by atoms with Crippen molar-refractivity contribution in [3.05, 3.63) is 11.9 Å². The molecule has 5 heteroatoms. The van der Waals surface area contributed by atoms with Crippen LogP contribution in [-0.2, 0) is 0 Å². The molecule has 118 valence electrons. The zero-order valence-electron chi connectivity index (χ0n) is 13.6. The topological polar surface area (TPSA) is 50.3 Å².